The van der Waals surface area contributed by atoms with Gasteiger partial charge in [0.1, 0.15) is 6.73 Å². The third kappa shape index (κ3) is 3.65. The molecule has 1 rings (SSSR count). The van der Waals surface area contributed by atoms with Crippen molar-refractivity contribution in [3.63, 3.8) is 0 Å². The van der Waals surface area contributed by atoms with E-state index in [2.05, 4.69) is 15.9 Å². The Morgan fingerprint density at radius 3 is 2.93 bits per heavy atom. The maximum absolute atomic E-state index is 11.5. The topological polar surface area (TPSA) is 66.5 Å². The fourth-order valence-electron chi connectivity index (χ4n) is 1.02. The largest absolute Gasteiger partial charge is 0.398 e. The molecule has 0 amide bonds. The zero-order chi connectivity index (χ0) is 11.3. The Balaban J connectivity index is 2.64. The van der Waals surface area contributed by atoms with E-state index < -0.39 is 0 Å². The summed E-state index contributed by atoms with van der Waals surface area (Å²) in [6.07, 6.45) is 1.54. The van der Waals surface area contributed by atoms with Crippen molar-refractivity contribution in [1.29, 1.82) is 0 Å². The Labute approximate surface area is 95.9 Å². The van der Waals surface area contributed by atoms with Crippen LogP contribution in [-0.2, 0) is 16.2 Å². The number of methoxy groups -OCH3 is 1. The molecule has 1 aromatic heterocycles. The number of nitrogens with two attached hydrogens (primary N) is 1. The summed E-state index contributed by atoms with van der Waals surface area (Å²) >= 11 is 3.13. The third-order valence-electron chi connectivity index (χ3n) is 1.73. The first-order chi connectivity index (χ1) is 7.15. The summed E-state index contributed by atoms with van der Waals surface area (Å²) < 4.78 is 11.9. The Kier molecular flexibility index (Phi) is 4.80. The summed E-state index contributed by atoms with van der Waals surface area (Å²) in [4.78, 5) is 11.5. The monoisotopic (exact) mass is 276 g/mol. The maximum Gasteiger partial charge on any atom is 0.266 e. The molecule has 0 bridgehead atoms. The first-order valence-electron chi connectivity index (χ1n) is 4.37. The van der Waals surface area contributed by atoms with Gasteiger partial charge >= 0.3 is 0 Å². The molecular formula is C9H13BrN2O3. The van der Waals surface area contributed by atoms with Gasteiger partial charge in [0, 0.05) is 19.0 Å². The van der Waals surface area contributed by atoms with Gasteiger partial charge in [0.25, 0.3) is 5.56 Å². The average Bonchev–Trinajstić information content (AvgIpc) is 2.19. The van der Waals surface area contributed by atoms with E-state index in [1.807, 2.05) is 0 Å². The van der Waals surface area contributed by atoms with Crippen molar-refractivity contribution in [3.05, 3.63) is 27.1 Å². The Bertz CT molecular complexity index is 378. The lowest BCUT2D eigenvalue weighted by Crippen LogP contribution is -2.22. The van der Waals surface area contributed by atoms with Crippen molar-refractivity contribution >= 4 is 21.6 Å². The highest BCUT2D eigenvalue weighted by atomic mass is 79.9. The highest BCUT2D eigenvalue weighted by molar-refractivity contribution is 9.10. The van der Waals surface area contributed by atoms with Gasteiger partial charge in [-0.3, -0.25) is 9.36 Å². The maximum atomic E-state index is 11.5. The third-order valence-corrected chi connectivity index (χ3v) is 2.29. The molecule has 0 spiro atoms. The Morgan fingerprint density at radius 2 is 2.27 bits per heavy atom. The van der Waals surface area contributed by atoms with Crippen LogP contribution in [0, 0.1) is 0 Å². The number of pyridine rings is 1. The van der Waals surface area contributed by atoms with Gasteiger partial charge in [-0.2, -0.15) is 0 Å². The van der Waals surface area contributed by atoms with Crippen LogP contribution in [0.25, 0.3) is 0 Å². The average molecular weight is 277 g/mol. The fraction of sp³-hybridized carbons (Fsp3) is 0.444. The number of rotatable bonds is 5. The number of nitrogen functional groups attached to an aromatic ring is 1. The molecule has 0 unspecified atom stereocenters. The molecule has 15 heavy (non-hydrogen) atoms. The lowest BCUT2D eigenvalue weighted by Gasteiger charge is -2.08. The highest BCUT2D eigenvalue weighted by Gasteiger charge is 2.02. The first-order valence-corrected chi connectivity index (χ1v) is 5.16. The summed E-state index contributed by atoms with van der Waals surface area (Å²) in [6, 6.07) is 1.56. The SMILES string of the molecule is COCCOCn1cc(N)cc(Br)c1=O. The second-order valence-corrected chi connectivity index (χ2v) is 3.78. The van der Waals surface area contributed by atoms with E-state index in [-0.39, 0.29) is 12.3 Å². The minimum atomic E-state index is -0.165. The van der Waals surface area contributed by atoms with Crippen LogP contribution in [0.15, 0.2) is 21.5 Å². The van der Waals surface area contributed by atoms with Crippen molar-refractivity contribution < 1.29 is 9.47 Å². The van der Waals surface area contributed by atoms with Gasteiger partial charge < -0.3 is 15.2 Å². The van der Waals surface area contributed by atoms with E-state index in [0.717, 1.165) is 0 Å². The van der Waals surface area contributed by atoms with Gasteiger partial charge in [0.05, 0.1) is 17.7 Å². The molecule has 1 heterocycles. The summed E-state index contributed by atoms with van der Waals surface area (Å²) in [6.45, 7) is 1.11. The lowest BCUT2D eigenvalue weighted by atomic mass is 10.4. The van der Waals surface area contributed by atoms with Gasteiger partial charge in [-0.15, -0.1) is 0 Å². The molecule has 84 valence electrons. The second-order valence-electron chi connectivity index (χ2n) is 2.93. The van der Waals surface area contributed by atoms with Crippen LogP contribution < -0.4 is 11.3 Å². The molecular weight excluding hydrogens is 264 g/mol. The zero-order valence-corrected chi connectivity index (χ0v) is 9.99. The van der Waals surface area contributed by atoms with Crippen molar-refractivity contribution in [1.82, 2.24) is 4.57 Å². The molecule has 0 aliphatic rings. The number of ether oxygens (including phenoxy) is 2. The van der Waals surface area contributed by atoms with E-state index in [1.165, 1.54) is 4.57 Å². The van der Waals surface area contributed by atoms with Crippen LogP contribution in [0.5, 0.6) is 0 Å². The van der Waals surface area contributed by atoms with E-state index in [4.69, 9.17) is 15.2 Å². The Morgan fingerprint density at radius 1 is 1.53 bits per heavy atom. The smallest absolute Gasteiger partial charge is 0.266 e. The number of halogens is 1. The van der Waals surface area contributed by atoms with Gasteiger partial charge in [0.15, 0.2) is 0 Å². The van der Waals surface area contributed by atoms with Gasteiger partial charge in [-0.1, -0.05) is 0 Å². The molecule has 5 nitrogen and oxygen atoms in total. The summed E-state index contributed by atoms with van der Waals surface area (Å²) in [5, 5.41) is 0. The van der Waals surface area contributed by atoms with Crippen LogP contribution in [0.2, 0.25) is 0 Å². The van der Waals surface area contributed by atoms with Crippen molar-refractivity contribution in [2.24, 2.45) is 0 Å². The molecule has 0 saturated heterocycles. The predicted octanol–water partition coefficient (Wildman–Crippen LogP) is 0.813. The summed E-state index contributed by atoms with van der Waals surface area (Å²) in [7, 11) is 1.59. The molecule has 0 saturated carbocycles. The van der Waals surface area contributed by atoms with Gasteiger partial charge in [-0.25, -0.2) is 0 Å². The molecule has 6 heteroatoms. The predicted molar refractivity (Wildman–Crippen MR) is 60.6 cm³/mol. The number of aromatic nitrogens is 1. The van der Waals surface area contributed by atoms with Crippen molar-refractivity contribution in [2.75, 3.05) is 26.1 Å². The molecule has 0 fully saturated rings. The van der Waals surface area contributed by atoms with Crippen molar-refractivity contribution in [3.8, 4) is 0 Å². The van der Waals surface area contributed by atoms with Crippen LogP contribution in [0.4, 0.5) is 5.69 Å². The van der Waals surface area contributed by atoms with Crippen LogP contribution in [-0.4, -0.2) is 24.9 Å². The number of anilines is 1. The van der Waals surface area contributed by atoms with Crippen molar-refractivity contribution in [2.45, 2.75) is 6.73 Å². The molecule has 0 aliphatic heterocycles. The number of hydrogen-bond donors (Lipinski definition) is 1. The summed E-state index contributed by atoms with van der Waals surface area (Å²) in [5.74, 6) is 0. The highest BCUT2D eigenvalue weighted by Crippen LogP contribution is 2.07. The second kappa shape index (κ2) is 5.89. The molecule has 0 aliphatic carbocycles. The standard InChI is InChI=1S/C9H13BrN2O3/c1-14-2-3-15-6-12-5-7(11)4-8(10)9(12)13/h4-5H,2-3,6,11H2,1H3. The minimum absolute atomic E-state index is 0.165. The van der Waals surface area contributed by atoms with E-state index in [1.54, 1.807) is 19.4 Å². The van der Waals surface area contributed by atoms with Crippen LogP contribution in [0.1, 0.15) is 0 Å². The quantitative estimate of drug-likeness (QED) is 0.809. The molecule has 2 N–H and O–H groups in total. The molecule has 0 aromatic carbocycles. The number of nitrogens with zero attached hydrogens (tertiary/aromatic N) is 1. The summed E-state index contributed by atoms with van der Waals surface area (Å²) in [5.41, 5.74) is 5.93. The van der Waals surface area contributed by atoms with Gasteiger partial charge in [-0.05, 0) is 22.0 Å². The molecule has 0 atom stereocenters. The van der Waals surface area contributed by atoms with E-state index >= 15 is 0 Å². The van der Waals surface area contributed by atoms with Crippen LogP contribution >= 0.6 is 15.9 Å². The lowest BCUT2D eigenvalue weighted by molar-refractivity contribution is 0.0326. The van der Waals surface area contributed by atoms with E-state index in [9.17, 15) is 4.79 Å². The Hall–Kier alpha value is -0.850. The fourth-order valence-corrected chi connectivity index (χ4v) is 1.51. The van der Waals surface area contributed by atoms with Crippen LogP contribution in [0.3, 0.4) is 0 Å². The normalized spacial score (nSPS) is 10.5. The molecule has 1 aromatic rings. The molecule has 0 radical (unpaired) electrons. The number of hydrogen-bond acceptors (Lipinski definition) is 4. The van der Waals surface area contributed by atoms with Gasteiger partial charge in [0.2, 0.25) is 0 Å². The first kappa shape index (κ1) is 12.2. The minimum Gasteiger partial charge on any atom is -0.398 e. The van der Waals surface area contributed by atoms with E-state index in [0.29, 0.717) is 23.4 Å². The zero-order valence-electron chi connectivity index (χ0n) is 8.40.